The molecule has 1 aliphatic rings. The summed E-state index contributed by atoms with van der Waals surface area (Å²) in [6.07, 6.45) is 4.44. The third-order valence-corrected chi connectivity index (χ3v) is 4.29. The first-order chi connectivity index (χ1) is 9.74. The molecule has 0 N–H and O–H groups in total. The fourth-order valence-corrected chi connectivity index (χ4v) is 2.71. The molecule has 20 heavy (non-hydrogen) atoms. The van der Waals surface area contributed by atoms with Crippen LogP contribution >= 0.6 is 0 Å². The summed E-state index contributed by atoms with van der Waals surface area (Å²) < 4.78 is 17.4. The molecule has 1 aromatic carbocycles. The summed E-state index contributed by atoms with van der Waals surface area (Å²) in [5, 5.41) is 0. The number of methoxy groups -OCH3 is 1. The van der Waals surface area contributed by atoms with Gasteiger partial charge in [-0.05, 0) is 18.9 Å². The number of ether oxygens (including phenoxy) is 3. The van der Waals surface area contributed by atoms with E-state index in [-0.39, 0.29) is 11.7 Å². The summed E-state index contributed by atoms with van der Waals surface area (Å²) in [7, 11) is 1.68. The SMILES string of the molecule is CCCCC1(CC)COC(c2ccccc2OC)OC1. The Morgan fingerprint density at radius 1 is 1.20 bits per heavy atom. The zero-order valence-electron chi connectivity index (χ0n) is 12.9. The van der Waals surface area contributed by atoms with Gasteiger partial charge in [0.25, 0.3) is 0 Å². The van der Waals surface area contributed by atoms with Crippen molar-refractivity contribution in [3.63, 3.8) is 0 Å². The van der Waals surface area contributed by atoms with E-state index in [4.69, 9.17) is 14.2 Å². The maximum atomic E-state index is 6.01. The molecule has 112 valence electrons. The lowest BCUT2D eigenvalue weighted by molar-refractivity contribution is -0.237. The largest absolute Gasteiger partial charge is 0.496 e. The first kappa shape index (κ1) is 15.3. The van der Waals surface area contributed by atoms with Gasteiger partial charge in [-0.3, -0.25) is 0 Å². The van der Waals surface area contributed by atoms with E-state index < -0.39 is 0 Å². The number of hydrogen-bond acceptors (Lipinski definition) is 3. The fraction of sp³-hybridized carbons (Fsp3) is 0.647. The lowest BCUT2D eigenvalue weighted by Gasteiger charge is -2.40. The van der Waals surface area contributed by atoms with Gasteiger partial charge in [-0.1, -0.05) is 44.9 Å². The summed E-state index contributed by atoms with van der Waals surface area (Å²) in [5.74, 6) is 0.829. The van der Waals surface area contributed by atoms with Gasteiger partial charge in [0.05, 0.1) is 20.3 Å². The zero-order chi connectivity index (χ0) is 14.4. The van der Waals surface area contributed by atoms with E-state index in [0.29, 0.717) is 0 Å². The highest BCUT2D eigenvalue weighted by Crippen LogP contribution is 2.39. The molecule has 0 unspecified atom stereocenters. The van der Waals surface area contributed by atoms with Crippen LogP contribution in [0.3, 0.4) is 0 Å². The van der Waals surface area contributed by atoms with Crippen molar-refractivity contribution in [2.24, 2.45) is 5.41 Å². The van der Waals surface area contributed by atoms with Crippen molar-refractivity contribution in [3.8, 4) is 5.75 Å². The predicted octanol–water partition coefficient (Wildman–Crippen LogP) is 4.33. The van der Waals surface area contributed by atoms with Crippen molar-refractivity contribution in [2.45, 2.75) is 45.8 Å². The van der Waals surface area contributed by atoms with Gasteiger partial charge in [-0.15, -0.1) is 0 Å². The molecule has 3 nitrogen and oxygen atoms in total. The number of hydrogen-bond donors (Lipinski definition) is 0. The summed E-state index contributed by atoms with van der Waals surface area (Å²) in [6, 6.07) is 7.90. The van der Waals surface area contributed by atoms with Crippen LogP contribution in [0.4, 0.5) is 0 Å². The average Bonchev–Trinajstić information content (AvgIpc) is 2.53. The van der Waals surface area contributed by atoms with Gasteiger partial charge < -0.3 is 14.2 Å². The van der Waals surface area contributed by atoms with E-state index in [1.54, 1.807) is 7.11 Å². The number of benzene rings is 1. The Hall–Kier alpha value is -1.06. The highest BCUT2D eigenvalue weighted by Gasteiger charge is 2.36. The molecule has 1 aliphatic heterocycles. The van der Waals surface area contributed by atoms with Crippen molar-refractivity contribution in [1.82, 2.24) is 0 Å². The van der Waals surface area contributed by atoms with E-state index in [1.807, 2.05) is 24.3 Å². The summed E-state index contributed by atoms with van der Waals surface area (Å²) in [5.41, 5.74) is 1.17. The maximum Gasteiger partial charge on any atom is 0.187 e. The first-order valence-corrected chi connectivity index (χ1v) is 7.61. The number of unbranched alkanes of at least 4 members (excludes halogenated alkanes) is 1. The van der Waals surface area contributed by atoms with E-state index in [1.165, 1.54) is 19.3 Å². The Bertz CT molecular complexity index is 408. The van der Waals surface area contributed by atoms with Crippen molar-refractivity contribution in [3.05, 3.63) is 29.8 Å². The van der Waals surface area contributed by atoms with E-state index in [0.717, 1.165) is 30.9 Å². The molecule has 2 rings (SSSR count). The highest BCUT2D eigenvalue weighted by molar-refractivity contribution is 5.34. The molecule has 0 saturated carbocycles. The van der Waals surface area contributed by atoms with Gasteiger partial charge in [0.2, 0.25) is 0 Å². The van der Waals surface area contributed by atoms with Crippen molar-refractivity contribution in [2.75, 3.05) is 20.3 Å². The van der Waals surface area contributed by atoms with Crippen LogP contribution < -0.4 is 4.74 Å². The Labute approximate surface area is 122 Å². The molecule has 1 fully saturated rings. The fourth-order valence-electron chi connectivity index (χ4n) is 2.71. The van der Waals surface area contributed by atoms with Gasteiger partial charge in [0.1, 0.15) is 5.75 Å². The molecule has 0 atom stereocenters. The molecule has 0 radical (unpaired) electrons. The van der Waals surface area contributed by atoms with Crippen LogP contribution in [0.1, 0.15) is 51.4 Å². The molecule has 0 amide bonds. The van der Waals surface area contributed by atoms with Crippen molar-refractivity contribution in [1.29, 1.82) is 0 Å². The van der Waals surface area contributed by atoms with Crippen LogP contribution in [0, 0.1) is 5.41 Å². The molecular formula is C17H26O3. The second-order valence-electron chi connectivity index (χ2n) is 5.65. The molecule has 0 aliphatic carbocycles. The Kier molecular flexibility index (Phi) is 5.44. The second kappa shape index (κ2) is 7.09. The molecule has 1 saturated heterocycles. The van der Waals surface area contributed by atoms with Crippen molar-refractivity contribution < 1.29 is 14.2 Å². The van der Waals surface area contributed by atoms with Gasteiger partial charge in [0, 0.05) is 11.0 Å². The monoisotopic (exact) mass is 278 g/mol. The van der Waals surface area contributed by atoms with Crippen LogP contribution in [0.5, 0.6) is 5.75 Å². The average molecular weight is 278 g/mol. The van der Waals surface area contributed by atoms with Crippen molar-refractivity contribution >= 4 is 0 Å². The smallest absolute Gasteiger partial charge is 0.187 e. The van der Waals surface area contributed by atoms with Gasteiger partial charge in [-0.2, -0.15) is 0 Å². The lowest BCUT2D eigenvalue weighted by atomic mass is 9.81. The molecule has 0 bridgehead atoms. The normalized spacial score (nSPS) is 26.4. The third kappa shape index (κ3) is 3.33. The highest BCUT2D eigenvalue weighted by atomic mass is 16.7. The van der Waals surface area contributed by atoms with Crippen LogP contribution in [0.15, 0.2) is 24.3 Å². The number of para-hydroxylation sites is 1. The Morgan fingerprint density at radius 3 is 2.50 bits per heavy atom. The summed E-state index contributed by atoms with van der Waals surface area (Å²) in [4.78, 5) is 0. The minimum atomic E-state index is -0.299. The molecule has 1 heterocycles. The standard InChI is InChI=1S/C17H26O3/c1-4-6-11-17(5-2)12-19-16(20-13-17)14-9-7-8-10-15(14)18-3/h7-10,16H,4-6,11-13H2,1-3H3. The van der Waals surface area contributed by atoms with Gasteiger partial charge in [0.15, 0.2) is 6.29 Å². The second-order valence-corrected chi connectivity index (χ2v) is 5.65. The minimum absolute atomic E-state index is 0.189. The van der Waals surface area contributed by atoms with E-state index in [2.05, 4.69) is 13.8 Å². The van der Waals surface area contributed by atoms with Crippen LogP contribution in [0.2, 0.25) is 0 Å². The van der Waals surface area contributed by atoms with Crippen LogP contribution in [0.25, 0.3) is 0 Å². The maximum absolute atomic E-state index is 6.01. The van der Waals surface area contributed by atoms with Gasteiger partial charge >= 0.3 is 0 Å². The molecule has 0 aromatic heterocycles. The zero-order valence-corrected chi connectivity index (χ0v) is 12.9. The van der Waals surface area contributed by atoms with Crippen LogP contribution in [-0.4, -0.2) is 20.3 Å². The van der Waals surface area contributed by atoms with Crippen LogP contribution in [-0.2, 0) is 9.47 Å². The first-order valence-electron chi connectivity index (χ1n) is 7.61. The van der Waals surface area contributed by atoms with E-state index in [9.17, 15) is 0 Å². The Balaban J connectivity index is 2.03. The Morgan fingerprint density at radius 2 is 1.90 bits per heavy atom. The number of rotatable bonds is 6. The topological polar surface area (TPSA) is 27.7 Å². The summed E-state index contributed by atoms with van der Waals surface area (Å²) >= 11 is 0. The molecule has 3 heteroatoms. The predicted molar refractivity (Wildman–Crippen MR) is 79.9 cm³/mol. The van der Waals surface area contributed by atoms with E-state index >= 15 is 0 Å². The van der Waals surface area contributed by atoms with Gasteiger partial charge in [-0.25, -0.2) is 0 Å². The third-order valence-electron chi connectivity index (χ3n) is 4.29. The summed E-state index contributed by atoms with van der Waals surface area (Å²) in [6.45, 7) is 6.00. The molecule has 1 aromatic rings. The molecule has 0 spiro atoms. The quantitative estimate of drug-likeness (QED) is 0.775. The molecular weight excluding hydrogens is 252 g/mol. The lowest BCUT2D eigenvalue weighted by Crippen LogP contribution is -2.38. The minimum Gasteiger partial charge on any atom is -0.496 e.